The lowest BCUT2D eigenvalue weighted by atomic mass is 9.96. The van der Waals surface area contributed by atoms with E-state index in [-0.39, 0.29) is 0 Å². The zero-order valence-corrected chi connectivity index (χ0v) is 11.4. The van der Waals surface area contributed by atoms with Crippen LogP contribution in [0.5, 0.6) is 11.5 Å². The van der Waals surface area contributed by atoms with Crippen molar-refractivity contribution in [1.29, 1.82) is 0 Å². The van der Waals surface area contributed by atoms with Crippen LogP contribution in [0.3, 0.4) is 0 Å². The number of benzene rings is 1. The largest absolute Gasteiger partial charge is 0.493 e. The van der Waals surface area contributed by atoms with E-state index in [0.29, 0.717) is 6.04 Å². The molecule has 98 valence electrons. The second kappa shape index (κ2) is 5.89. The normalized spacial score (nSPS) is 17.4. The van der Waals surface area contributed by atoms with Gasteiger partial charge in [0.1, 0.15) is 0 Å². The van der Waals surface area contributed by atoms with E-state index in [4.69, 9.17) is 9.47 Å². The molecular formula is C15H21NO2. The molecule has 1 aromatic carbocycles. The second-order valence-corrected chi connectivity index (χ2v) is 4.59. The van der Waals surface area contributed by atoms with Crippen LogP contribution in [0.4, 0.5) is 0 Å². The van der Waals surface area contributed by atoms with Gasteiger partial charge in [-0.05, 0) is 42.5 Å². The van der Waals surface area contributed by atoms with Gasteiger partial charge in [-0.25, -0.2) is 0 Å². The van der Waals surface area contributed by atoms with E-state index in [1.54, 1.807) is 7.11 Å². The average Bonchev–Trinajstić information content (AvgIpc) is 2.43. The van der Waals surface area contributed by atoms with Crippen LogP contribution >= 0.6 is 0 Å². The number of aliphatic imine (C=N–C) groups is 1. The molecule has 1 unspecified atom stereocenters. The smallest absolute Gasteiger partial charge is 0.161 e. The highest BCUT2D eigenvalue weighted by atomic mass is 16.5. The maximum atomic E-state index is 5.74. The zero-order chi connectivity index (χ0) is 13.0. The Morgan fingerprint density at radius 2 is 2.11 bits per heavy atom. The molecule has 0 saturated heterocycles. The van der Waals surface area contributed by atoms with Gasteiger partial charge in [-0.15, -0.1) is 0 Å². The van der Waals surface area contributed by atoms with E-state index >= 15 is 0 Å². The molecule has 18 heavy (non-hydrogen) atoms. The van der Waals surface area contributed by atoms with E-state index in [9.17, 15) is 0 Å². The van der Waals surface area contributed by atoms with Crippen molar-refractivity contribution in [2.24, 2.45) is 4.99 Å². The first-order chi connectivity index (χ1) is 8.78. The average molecular weight is 247 g/mol. The number of fused-ring (bicyclic) bond motifs is 1. The molecule has 0 N–H and O–H groups in total. The second-order valence-electron chi connectivity index (χ2n) is 4.59. The van der Waals surface area contributed by atoms with Gasteiger partial charge in [-0.3, -0.25) is 4.99 Å². The van der Waals surface area contributed by atoms with E-state index in [2.05, 4.69) is 24.9 Å². The van der Waals surface area contributed by atoms with Gasteiger partial charge in [0, 0.05) is 6.21 Å². The summed E-state index contributed by atoms with van der Waals surface area (Å²) < 4.78 is 11.1. The van der Waals surface area contributed by atoms with Gasteiger partial charge in [-0.1, -0.05) is 13.8 Å². The quantitative estimate of drug-likeness (QED) is 0.799. The maximum Gasteiger partial charge on any atom is 0.161 e. The van der Waals surface area contributed by atoms with Gasteiger partial charge < -0.3 is 9.47 Å². The lowest BCUT2D eigenvalue weighted by Gasteiger charge is -2.20. The Hall–Kier alpha value is -1.51. The molecule has 3 nitrogen and oxygen atoms in total. The van der Waals surface area contributed by atoms with Crippen LogP contribution in [-0.4, -0.2) is 26.0 Å². The molecular weight excluding hydrogens is 226 g/mol. The minimum Gasteiger partial charge on any atom is -0.493 e. The number of rotatable bonds is 5. The lowest BCUT2D eigenvalue weighted by molar-refractivity contribution is 0.294. The number of hydrogen-bond donors (Lipinski definition) is 0. The van der Waals surface area contributed by atoms with E-state index in [1.165, 1.54) is 5.56 Å². The minimum atomic E-state index is 0.407. The van der Waals surface area contributed by atoms with Crippen molar-refractivity contribution in [3.8, 4) is 11.5 Å². The van der Waals surface area contributed by atoms with Crippen LogP contribution < -0.4 is 9.47 Å². The van der Waals surface area contributed by atoms with Crippen LogP contribution in [0.25, 0.3) is 0 Å². The van der Waals surface area contributed by atoms with Crippen molar-refractivity contribution in [2.45, 2.75) is 39.2 Å². The molecule has 0 saturated carbocycles. The predicted octanol–water partition coefficient (Wildman–Crippen LogP) is 3.24. The van der Waals surface area contributed by atoms with Crippen molar-refractivity contribution in [3.63, 3.8) is 0 Å². The first-order valence-electron chi connectivity index (χ1n) is 6.65. The van der Waals surface area contributed by atoms with Crippen molar-refractivity contribution < 1.29 is 9.47 Å². The van der Waals surface area contributed by atoms with Crippen LogP contribution in [0, 0.1) is 0 Å². The summed E-state index contributed by atoms with van der Waals surface area (Å²) in [6.45, 7) is 5.00. The fraction of sp³-hybridized carbons (Fsp3) is 0.533. The molecule has 1 aromatic rings. The van der Waals surface area contributed by atoms with Gasteiger partial charge in [0.15, 0.2) is 11.5 Å². The molecule has 0 aromatic heterocycles. The molecule has 1 aliphatic heterocycles. The topological polar surface area (TPSA) is 30.8 Å². The monoisotopic (exact) mass is 247 g/mol. The van der Waals surface area contributed by atoms with Gasteiger partial charge in [0.2, 0.25) is 0 Å². The maximum absolute atomic E-state index is 5.74. The SMILES string of the molecule is CCCOc1cc2c(cc1OC)C=NC(CC)C2. The highest BCUT2D eigenvalue weighted by Gasteiger charge is 2.17. The summed E-state index contributed by atoms with van der Waals surface area (Å²) in [6.07, 6.45) is 5.03. The third kappa shape index (κ3) is 2.66. The van der Waals surface area contributed by atoms with Crippen LogP contribution in [0.1, 0.15) is 37.8 Å². The highest BCUT2D eigenvalue weighted by Crippen LogP contribution is 2.32. The molecule has 1 aliphatic rings. The van der Waals surface area contributed by atoms with Gasteiger partial charge in [-0.2, -0.15) is 0 Å². The first-order valence-corrected chi connectivity index (χ1v) is 6.65. The van der Waals surface area contributed by atoms with Crippen molar-refractivity contribution in [1.82, 2.24) is 0 Å². The Morgan fingerprint density at radius 1 is 1.28 bits per heavy atom. The molecule has 0 fully saturated rings. The third-order valence-electron chi connectivity index (χ3n) is 3.24. The van der Waals surface area contributed by atoms with Gasteiger partial charge in [0.25, 0.3) is 0 Å². The Bertz CT molecular complexity index is 440. The number of nitrogens with zero attached hydrogens (tertiary/aromatic N) is 1. The molecule has 0 spiro atoms. The van der Waals surface area contributed by atoms with Crippen molar-refractivity contribution in [3.05, 3.63) is 23.3 Å². The fourth-order valence-corrected chi connectivity index (χ4v) is 2.14. The van der Waals surface area contributed by atoms with Crippen LogP contribution in [0.2, 0.25) is 0 Å². The van der Waals surface area contributed by atoms with E-state index < -0.39 is 0 Å². The molecule has 2 rings (SSSR count). The standard InChI is InChI=1S/C15H21NO2/c1-4-6-18-15-8-11-7-13(5-2)16-10-12(11)9-14(15)17-3/h8-10,13H,4-7H2,1-3H3. The molecule has 1 heterocycles. The summed E-state index contributed by atoms with van der Waals surface area (Å²) in [5.41, 5.74) is 2.46. The molecule has 0 amide bonds. The summed E-state index contributed by atoms with van der Waals surface area (Å²) in [5, 5.41) is 0. The molecule has 0 aliphatic carbocycles. The van der Waals surface area contributed by atoms with Gasteiger partial charge in [0.05, 0.1) is 19.8 Å². The number of methoxy groups -OCH3 is 1. The fourth-order valence-electron chi connectivity index (χ4n) is 2.14. The Balaban J connectivity index is 2.30. The summed E-state index contributed by atoms with van der Waals surface area (Å²) in [5.74, 6) is 1.65. The number of ether oxygens (including phenoxy) is 2. The lowest BCUT2D eigenvalue weighted by Crippen LogP contribution is -2.14. The number of hydrogen-bond acceptors (Lipinski definition) is 3. The first kappa shape index (κ1) is 12.9. The highest BCUT2D eigenvalue weighted by molar-refractivity contribution is 5.84. The molecule has 0 bridgehead atoms. The Morgan fingerprint density at radius 3 is 2.78 bits per heavy atom. The molecule has 3 heteroatoms. The van der Waals surface area contributed by atoms with E-state index in [0.717, 1.165) is 42.9 Å². The van der Waals surface area contributed by atoms with Gasteiger partial charge >= 0.3 is 0 Å². The Kier molecular flexibility index (Phi) is 4.24. The van der Waals surface area contributed by atoms with Crippen molar-refractivity contribution >= 4 is 6.21 Å². The summed E-state index contributed by atoms with van der Waals surface area (Å²) in [7, 11) is 1.68. The summed E-state index contributed by atoms with van der Waals surface area (Å²) >= 11 is 0. The van der Waals surface area contributed by atoms with Crippen LogP contribution in [-0.2, 0) is 6.42 Å². The minimum absolute atomic E-state index is 0.407. The van der Waals surface area contributed by atoms with Crippen molar-refractivity contribution in [2.75, 3.05) is 13.7 Å². The van der Waals surface area contributed by atoms with Crippen LogP contribution in [0.15, 0.2) is 17.1 Å². The molecule has 1 atom stereocenters. The predicted molar refractivity (Wildman–Crippen MR) is 74.2 cm³/mol. The summed E-state index contributed by atoms with van der Waals surface area (Å²) in [6, 6.07) is 4.54. The zero-order valence-electron chi connectivity index (χ0n) is 11.4. The summed E-state index contributed by atoms with van der Waals surface area (Å²) in [4.78, 5) is 4.54. The van der Waals surface area contributed by atoms with E-state index in [1.807, 2.05) is 12.3 Å². The Labute approximate surface area is 109 Å². The third-order valence-corrected chi connectivity index (χ3v) is 3.24. The molecule has 0 radical (unpaired) electrons.